The monoisotopic (exact) mass is 318 g/mol. The molecule has 5 heteroatoms. The molecular weight excluding hydrogens is 303 g/mol. The van der Waals surface area contributed by atoms with Crippen molar-refractivity contribution >= 4 is 35.4 Å². The molecule has 0 aliphatic carbocycles. The van der Waals surface area contributed by atoms with Gasteiger partial charge in [-0.1, -0.05) is 59.3 Å². The first kappa shape index (κ1) is 14.1. The van der Waals surface area contributed by atoms with Crippen LogP contribution in [0.15, 0.2) is 77.3 Å². The van der Waals surface area contributed by atoms with Crippen LogP contribution in [0, 0.1) is 6.92 Å². The van der Waals surface area contributed by atoms with Crippen molar-refractivity contribution in [2.45, 2.75) is 6.92 Å². The molecule has 0 N–H and O–H groups in total. The first-order valence-corrected chi connectivity index (χ1v) is 8.39. The van der Waals surface area contributed by atoms with E-state index in [2.05, 4.69) is 64.7 Å². The van der Waals surface area contributed by atoms with Crippen molar-refractivity contribution in [2.24, 2.45) is 5.16 Å². The summed E-state index contributed by atoms with van der Waals surface area (Å²) in [6, 6.07) is 22.8. The first-order valence-electron chi connectivity index (χ1n) is 7.51. The average Bonchev–Trinajstić information content (AvgIpc) is 3.25. The highest BCUT2D eigenvalue weighted by Crippen LogP contribution is 2.26. The lowest BCUT2D eigenvalue weighted by atomic mass is 9.71. The Labute approximate surface area is 140 Å². The molecule has 0 bridgehead atoms. The van der Waals surface area contributed by atoms with E-state index in [0.29, 0.717) is 0 Å². The molecule has 0 radical (unpaired) electrons. The van der Waals surface area contributed by atoms with E-state index in [4.69, 9.17) is 4.76 Å². The van der Waals surface area contributed by atoms with Gasteiger partial charge in [-0.15, -0.1) is 11.3 Å². The van der Waals surface area contributed by atoms with Crippen molar-refractivity contribution in [3.05, 3.63) is 82.6 Å². The molecule has 112 valence electrons. The van der Waals surface area contributed by atoms with Crippen LogP contribution in [-0.2, 0) is 4.76 Å². The third-order valence-electron chi connectivity index (χ3n) is 3.84. The van der Waals surface area contributed by atoms with Gasteiger partial charge < -0.3 is 9.57 Å². The number of anilines is 1. The van der Waals surface area contributed by atoms with E-state index in [9.17, 15) is 0 Å². The van der Waals surface area contributed by atoms with Gasteiger partial charge >= 0.3 is 7.05 Å². The second-order valence-electron chi connectivity index (χ2n) is 5.47. The second-order valence-corrected chi connectivity index (χ2v) is 6.41. The summed E-state index contributed by atoms with van der Waals surface area (Å²) in [4.78, 5) is 3.25. The van der Waals surface area contributed by atoms with Crippen LogP contribution in [0.1, 0.15) is 10.4 Å². The molecule has 0 saturated heterocycles. The zero-order valence-electron chi connectivity index (χ0n) is 12.7. The van der Waals surface area contributed by atoms with Gasteiger partial charge in [-0.3, -0.25) is 0 Å². The zero-order valence-corrected chi connectivity index (χ0v) is 13.5. The van der Waals surface area contributed by atoms with Crippen LogP contribution in [0.25, 0.3) is 0 Å². The molecule has 0 fully saturated rings. The Hall–Kier alpha value is -2.53. The maximum Gasteiger partial charge on any atom is 0.550 e. The molecule has 0 unspecified atom stereocenters. The van der Waals surface area contributed by atoms with Gasteiger partial charge in [0.05, 0.1) is 4.88 Å². The summed E-state index contributed by atoms with van der Waals surface area (Å²) in [7, 11) is -0.240. The third kappa shape index (κ3) is 2.64. The van der Waals surface area contributed by atoms with Crippen molar-refractivity contribution in [1.29, 1.82) is 0 Å². The van der Waals surface area contributed by atoms with Crippen molar-refractivity contribution in [1.82, 2.24) is 0 Å². The predicted molar refractivity (Wildman–Crippen MR) is 97.4 cm³/mol. The number of hydrogen-bond donors (Lipinski definition) is 0. The zero-order chi connectivity index (χ0) is 15.6. The summed E-state index contributed by atoms with van der Waals surface area (Å²) in [5.74, 6) is 0.859. The van der Waals surface area contributed by atoms with Crippen LogP contribution in [0.5, 0.6) is 0 Å². The number of rotatable bonds is 3. The highest BCUT2D eigenvalue weighted by Gasteiger charge is 2.40. The summed E-state index contributed by atoms with van der Waals surface area (Å²) >= 11 is 1.67. The van der Waals surface area contributed by atoms with Crippen molar-refractivity contribution in [2.75, 3.05) is 4.81 Å². The van der Waals surface area contributed by atoms with Gasteiger partial charge in [0.2, 0.25) is 0 Å². The van der Waals surface area contributed by atoms with Gasteiger partial charge in [0.15, 0.2) is 5.84 Å². The fourth-order valence-corrected chi connectivity index (χ4v) is 3.36. The molecule has 4 rings (SSSR count). The maximum absolute atomic E-state index is 5.79. The minimum Gasteiger partial charge on any atom is -0.432 e. The van der Waals surface area contributed by atoms with Crippen LogP contribution in [0.2, 0.25) is 0 Å². The Morgan fingerprint density at radius 3 is 2.43 bits per heavy atom. The number of amidine groups is 1. The Bertz CT molecular complexity index is 816. The van der Waals surface area contributed by atoms with Gasteiger partial charge in [0.25, 0.3) is 0 Å². The van der Waals surface area contributed by atoms with Crippen molar-refractivity contribution in [3.8, 4) is 0 Å². The predicted octanol–water partition coefficient (Wildman–Crippen LogP) is 3.65. The normalized spacial score (nSPS) is 13.9. The number of aryl methyl sites for hydroxylation is 1. The SMILES string of the molecule is Cc1ccc(N2B(c3ccccc3)ON=C2c2cccs2)cc1. The molecular formula is C18H15BN2OS. The molecule has 3 nitrogen and oxygen atoms in total. The third-order valence-corrected chi connectivity index (χ3v) is 4.71. The lowest BCUT2D eigenvalue weighted by Gasteiger charge is -2.22. The van der Waals surface area contributed by atoms with Crippen LogP contribution >= 0.6 is 11.3 Å². The maximum atomic E-state index is 5.79. The Balaban J connectivity index is 1.78. The standard InChI is InChI=1S/C18H15BN2OS/c1-14-9-11-16(12-10-14)21-18(17-8-5-13-23-17)20-22-19(21)15-6-3-2-4-7-15/h2-13H,1H3. The quantitative estimate of drug-likeness (QED) is 0.689. The summed E-state index contributed by atoms with van der Waals surface area (Å²) in [6.45, 7) is 2.09. The topological polar surface area (TPSA) is 24.8 Å². The van der Waals surface area contributed by atoms with E-state index < -0.39 is 0 Å². The fraction of sp³-hybridized carbons (Fsp3) is 0.0556. The Morgan fingerprint density at radius 2 is 1.74 bits per heavy atom. The van der Waals surface area contributed by atoms with Gasteiger partial charge in [-0.25, -0.2) is 0 Å². The average molecular weight is 318 g/mol. The van der Waals surface area contributed by atoms with Crippen LogP contribution in [-0.4, -0.2) is 12.9 Å². The lowest BCUT2D eigenvalue weighted by Crippen LogP contribution is -2.48. The van der Waals surface area contributed by atoms with Gasteiger partial charge in [0.1, 0.15) is 0 Å². The van der Waals surface area contributed by atoms with Crippen LogP contribution in [0.3, 0.4) is 0 Å². The number of nitrogens with zero attached hydrogens (tertiary/aromatic N) is 2. The highest BCUT2D eigenvalue weighted by molar-refractivity contribution is 7.12. The molecule has 1 aliphatic heterocycles. The van der Waals surface area contributed by atoms with E-state index in [1.165, 1.54) is 5.56 Å². The number of oxime groups is 1. The summed E-state index contributed by atoms with van der Waals surface area (Å²) in [6.07, 6.45) is 0. The van der Waals surface area contributed by atoms with Gasteiger partial charge in [-0.05, 0) is 36.0 Å². The largest absolute Gasteiger partial charge is 0.550 e. The molecule has 1 aliphatic rings. The highest BCUT2D eigenvalue weighted by atomic mass is 32.1. The van der Waals surface area contributed by atoms with E-state index in [1.54, 1.807) is 11.3 Å². The van der Waals surface area contributed by atoms with E-state index in [0.717, 1.165) is 21.9 Å². The number of hydrogen-bond acceptors (Lipinski definition) is 4. The molecule has 2 aromatic carbocycles. The van der Waals surface area contributed by atoms with E-state index >= 15 is 0 Å². The summed E-state index contributed by atoms with van der Waals surface area (Å²) in [5, 5.41) is 6.43. The lowest BCUT2D eigenvalue weighted by molar-refractivity contribution is 0.367. The molecule has 0 saturated carbocycles. The Kier molecular flexibility index (Phi) is 3.63. The number of benzene rings is 2. The minimum absolute atomic E-state index is 0.240. The molecule has 2 heterocycles. The molecule has 0 atom stereocenters. The van der Waals surface area contributed by atoms with Crippen LogP contribution < -0.4 is 10.3 Å². The summed E-state index contributed by atoms with van der Waals surface area (Å²) in [5.41, 5.74) is 3.40. The minimum atomic E-state index is -0.240. The molecule has 23 heavy (non-hydrogen) atoms. The van der Waals surface area contributed by atoms with Crippen molar-refractivity contribution in [3.63, 3.8) is 0 Å². The first-order chi connectivity index (χ1) is 11.3. The van der Waals surface area contributed by atoms with Crippen LogP contribution in [0.4, 0.5) is 5.69 Å². The van der Waals surface area contributed by atoms with E-state index in [1.807, 2.05) is 24.3 Å². The van der Waals surface area contributed by atoms with Gasteiger partial charge in [-0.2, -0.15) is 0 Å². The molecule has 0 amide bonds. The second kappa shape index (κ2) is 5.93. The fourth-order valence-electron chi connectivity index (χ4n) is 2.66. The van der Waals surface area contributed by atoms with Crippen molar-refractivity contribution < 1.29 is 4.76 Å². The number of thiophene rings is 1. The summed E-state index contributed by atoms with van der Waals surface area (Å²) < 4.78 is 5.79. The molecule has 3 aromatic rings. The van der Waals surface area contributed by atoms with E-state index in [-0.39, 0.29) is 7.05 Å². The molecule has 1 aromatic heterocycles. The molecule has 0 spiro atoms. The Morgan fingerprint density at radius 1 is 0.957 bits per heavy atom. The van der Waals surface area contributed by atoms with Gasteiger partial charge in [0, 0.05) is 5.69 Å². The smallest absolute Gasteiger partial charge is 0.432 e.